The van der Waals surface area contributed by atoms with E-state index in [1.165, 1.54) is 5.57 Å². The second-order valence-corrected chi connectivity index (χ2v) is 6.05. The summed E-state index contributed by atoms with van der Waals surface area (Å²) in [6.45, 7) is 8.46. The van der Waals surface area contributed by atoms with E-state index in [2.05, 4.69) is 26.5 Å². The van der Waals surface area contributed by atoms with Crippen molar-refractivity contribution in [1.29, 1.82) is 0 Å². The zero-order chi connectivity index (χ0) is 12.6. The van der Waals surface area contributed by atoms with Crippen LogP contribution >= 0.6 is 0 Å². The summed E-state index contributed by atoms with van der Waals surface area (Å²) in [5, 5.41) is 19.4. The highest BCUT2D eigenvalue weighted by Gasteiger charge is 2.47. The van der Waals surface area contributed by atoms with Crippen molar-refractivity contribution in [2.45, 2.75) is 45.6 Å². The van der Waals surface area contributed by atoms with Gasteiger partial charge in [0.2, 0.25) is 0 Å². The topological polar surface area (TPSA) is 40.5 Å². The van der Waals surface area contributed by atoms with Crippen molar-refractivity contribution in [3.63, 3.8) is 0 Å². The quantitative estimate of drug-likeness (QED) is 0.724. The van der Waals surface area contributed by atoms with Crippen LogP contribution in [0.5, 0.6) is 0 Å². The van der Waals surface area contributed by atoms with Crippen molar-refractivity contribution in [3.8, 4) is 0 Å². The van der Waals surface area contributed by atoms with Gasteiger partial charge in [-0.1, -0.05) is 25.2 Å². The van der Waals surface area contributed by atoms with Crippen LogP contribution in [0, 0.1) is 17.3 Å². The van der Waals surface area contributed by atoms with Gasteiger partial charge < -0.3 is 10.2 Å². The standard InChI is InChI=1S/C15H24O2/c1-10-4-5-14(17)15(3)7-6-12(8-13(10)15)11(2)9-16/h4,12-14,16-17H,2,5-9H2,1,3H3. The Labute approximate surface area is 104 Å². The molecule has 0 aliphatic heterocycles. The lowest BCUT2D eigenvalue weighted by atomic mass is 9.56. The maximum Gasteiger partial charge on any atom is 0.0641 e. The van der Waals surface area contributed by atoms with Crippen LogP contribution in [0.2, 0.25) is 0 Å². The van der Waals surface area contributed by atoms with Gasteiger partial charge in [-0.2, -0.15) is 0 Å². The minimum absolute atomic E-state index is 0.0328. The molecule has 1 saturated carbocycles. The number of fused-ring (bicyclic) bond motifs is 1. The van der Waals surface area contributed by atoms with Gasteiger partial charge in [0.25, 0.3) is 0 Å². The van der Waals surface area contributed by atoms with Crippen molar-refractivity contribution >= 4 is 0 Å². The Morgan fingerprint density at radius 3 is 2.94 bits per heavy atom. The summed E-state index contributed by atoms with van der Waals surface area (Å²) in [6, 6.07) is 0. The van der Waals surface area contributed by atoms with E-state index < -0.39 is 0 Å². The van der Waals surface area contributed by atoms with Crippen LogP contribution in [0.4, 0.5) is 0 Å². The molecule has 4 atom stereocenters. The molecule has 0 amide bonds. The van der Waals surface area contributed by atoms with E-state index in [4.69, 9.17) is 0 Å². The molecule has 17 heavy (non-hydrogen) atoms. The van der Waals surface area contributed by atoms with E-state index in [1.54, 1.807) is 0 Å². The van der Waals surface area contributed by atoms with Gasteiger partial charge in [0, 0.05) is 5.41 Å². The van der Waals surface area contributed by atoms with Crippen molar-refractivity contribution in [2.24, 2.45) is 17.3 Å². The van der Waals surface area contributed by atoms with E-state index in [1.807, 2.05) is 0 Å². The van der Waals surface area contributed by atoms with Crippen LogP contribution in [0.3, 0.4) is 0 Å². The second-order valence-electron chi connectivity index (χ2n) is 6.05. The summed E-state index contributed by atoms with van der Waals surface area (Å²) >= 11 is 0. The third kappa shape index (κ3) is 2.09. The number of hydrogen-bond acceptors (Lipinski definition) is 2. The number of aliphatic hydroxyl groups excluding tert-OH is 2. The van der Waals surface area contributed by atoms with Gasteiger partial charge in [0.05, 0.1) is 12.7 Å². The number of rotatable bonds is 2. The van der Waals surface area contributed by atoms with Gasteiger partial charge in [-0.25, -0.2) is 0 Å². The lowest BCUT2D eigenvalue weighted by Gasteiger charge is -2.50. The second kappa shape index (κ2) is 4.58. The first-order valence-electron chi connectivity index (χ1n) is 6.62. The molecule has 0 radical (unpaired) electrons. The lowest BCUT2D eigenvalue weighted by molar-refractivity contribution is -0.0364. The third-order valence-electron chi connectivity index (χ3n) is 5.10. The van der Waals surface area contributed by atoms with E-state index in [0.717, 1.165) is 31.3 Å². The molecule has 2 nitrogen and oxygen atoms in total. The van der Waals surface area contributed by atoms with Crippen LogP contribution in [0.15, 0.2) is 23.8 Å². The van der Waals surface area contributed by atoms with Crippen LogP contribution < -0.4 is 0 Å². The molecule has 96 valence electrons. The smallest absolute Gasteiger partial charge is 0.0641 e. The normalized spacial score (nSPS) is 41.6. The largest absolute Gasteiger partial charge is 0.392 e. The Hall–Kier alpha value is -0.600. The van der Waals surface area contributed by atoms with Gasteiger partial charge in [0.1, 0.15) is 0 Å². The van der Waals surface area contributed by atoms with E-state index >= 15 is 0 Å². The van der Waals surface area contributed by atoms with E-state index in [0.29, 0.717) is 11.8 Å². The maximum absolute atomic E-state index is 10.2. The highest BCUT2D eigenvalue weighted by molar-refractivity contribution is 5.19. The minimum atomic E-state index is -0.209. The molecule has 0 aromatic carbocycles. The van der Waals surface area contributed by atoms with Crippen LogP contribution in [-0.2, 0) is 0 Å². The fourth-order valence-electron chi connectivity index (χ4n) is 3.64. The first kappa shape index (κ1) is 12.8. The summed E-state index contributed by atoms with van der Waals surface area (Å²) in [7, 11) is 0. The van der Waals surface area contributed by atoms with E-state index in [-0.39, 0.29) is 18.1 Å². The molecular formula is C15H24O2. The molecule has 1 fully saturated rings. The highest BCUT2D eigenvalue weighted by Crippen LogP contribution is 2.52. The first-order chi connectivity index (χ1) is 7.99. The molecule has 2 aliphatic carbocycles. The Kier molecular flexibility index (Phi) is 3.46. The van der Waals surface area contributed by atoms with Crippen molar-refractivity contribution < 1.29 is 10.2 Å². The Bertz CT molecular complexity index is 345. The van der Waals surface area contributed by atoms with Crippen molar-refractivity contribution in [2.75, 3.05) is 6.61 Å². The molecule has 4 unspecified atom stereocenters. The summed E-state index contributed by atoms with van der Waals surface area (Å²) in [6.07, 6.45) is 5.89. The van der Waals surface area contributed by atoms with Gasteiger partial charge in [-0.05, 0) is 50.0 Å². The van der Waals surface area contributed by atoms with Crippen LogP contribution in [0.1, 0.15) is 39.5 Å². The molecule has 2 heteroatoms. The molecule has 0 heterocycles. The monoisotopic (exact) mass is 236 g/mol. The minimum Gasteiger partial charge on any atom is -0.392 e. The molecule has 0 saturated heterocycles. The average molecular weight is 236 g/mol. The van der Waals surface area contributed by atoms with E-state index in [9.17, 15) is 10.2 Å². The molecule has 0 bridgehead atoms. The SMILES string of the molecule is C=C(CO)C1CCC2(C)C(O)CC=C(C)C2C1. The Morgan fingerprint density at radius 2 is 2.29 bits per heavy atom. The average Bonchev–Trinajstić information content (AvgIpc) is 2.33. The van der Waals surface area contributed by atoms with Crippen molar-refractivity contribution in [3.05, 3.63) is 23.8 Å². The third-order valence-corrected chi connectivity index (χ3v) is 5.10. The van der Waals surface area contributed by atoms with Crippen molar-refractivity contribution in [1.82, 2.24) is 0 Å². The Balaban J connectivity index is 2.21. The summed E-state index contributed by atoms with van der Waals surface area (Å²) in [4.78, 5) is 0. The van der Waals surface area contributed by atoms with Gasteiger partial charge in [-0.15, -0.1) is 0 Å². The molecule has 2 N–H and O–H groups in total. The zero-order valence-corrected chi connectivity index (χ0v) is 10.9. The highest BCUT2D eigenvalue weighted by atomic mass is 16.3. The predicted molar refractivity (Wildman–Crippen MR) is 69.5 cm³/mol. The lowest BCUT2D eigenvalue weighted by Crippen LogP contribution is -2.46. The number of hydrogen-bond donors (Lipinski definition) is 2. The van der Waals surface area contributed by atoms with Gasteiger partial charge in [0.15, 0.2) is 0 Å². The summed E-state index contributed by atoms with van der Waals surface area (Å²) < 4.78 is 0. The van der Waals surface area contributed by atoms with Crippen LogP contribution in [0.25, 0.3) is 0 Å². The predicted octanol–water partition coefficient (Wildman–Crippen LogP) is 2.67. The fourth-order valence-corrected chi connectivity index (χ4v) is 3.64. The number of aliphatic hydroxyl groups is 2. The van der Waals surface area contributed by atoms with Gasteiger partial charge >= 0.3 is 0 Å². The Morgan fingerprint density at radius 1 is 1.59 bits per heavy atom. The fraction of sp³-hybridized carbons (Fsp3) is 0.733. The van der Waals surface area contributed by atoms with Crippen LogP contribution in [-0.4, -0.2) is 22.9 Å². The molecule has 0 aromatic rings. The maximum atomic E-state index is 10.2. The number of allylic oxidation sites excluding steroid dienone is 1. The molecule has 2 aliphatic rings. The molecule has 0 spiro atoms. The molecule has 2 rings (SSSR count). The zero-order valence-electron chi connectivity index (χ0n) is 10.9. The summed E-state index contributed by atoms with van der Waals surface area (Å²) in [5.74, 6) is 0.875. The summed E-state index contributed by atoms with van der Waals surface area (Å²) in [5.41, 5.74) is 2.40. The van der Waals surface area contributed by atoms with Gasteiger partial charge in [-0.3, -0.25) is 0 Å². The molecular weight excluding hydrogens is 212 g/mol. The first-order valence-corrected chi connectivity index (χ1v) is 6.62. The molecule has 0 aromatic heterocycles.